The first-order valence-electron chi connectivity index (χ1n) is 12.8. The number of rotatable bonds is 9. The molecule has 0 radical (unpaired) electrons. The lowest BCUT2D eigenvalue weighted by Gasteiger charge is -2.39. The number of aliphatic carboxylic acids is 1. The van der Waals surface area contributed by atoms with Crippen LogP contribution >= 0.6 is 7.26 Å². The highest BCUT2D eigenvalue weighted by atomic mass is 32.2. The number of carboxylic acids is 1. The third kappa shape index (κ3) is 8.59. The van der Waals surface area contributed by atoms with Crippen molar-refractivity contribution in [2.75, 3.05) is 17.6 Å². The summed E-state index contributed by atoms with van der Waals surface area (Å²) < 4.78 is 71.0. The molecule has 0 N–H and O–H groups in total. The number of hydrogen-bond donors (Lipinski definition) is 0. The largest absolute Gasteiger partial charge is 0.542 e. The van der Waals surface area contributed by atoms with Gasteiger partial charge in [-0.1, -0.05) is 13.8 Å². The van der Waals surface area contributed by atoms with Crippen LogP contribution in [0.25, 0.3) is 11.3 Å². The van der Waals surface area contributed by atoms with Gasteiger partial charge in [0.05, 0.1) is 40.8 Å². The first-order valence-corrected chi connectivity index (χ1v) is 16.9. The van der Waals surface area contributed by atoms with Crippen LogP contribution in [0.2, 0.25) is 0 Å². The quantitative estimate of drug-likeness (QED) is 0.261. The molecule has 0 fully saturated rings. The molecule has 0 saturated carbocycles. The Bertz CT molecular complexity index is 1240. The standard InChI is InChI=1S/C25H40FN3O2PS.C2HF3O2/c1-16(2)23-22(15-32(17(3)4,18(5)6)19(7)8)24(20-11-13-21(26)14-12-20)28-25(27-23)29(9)33(10,30)31;3-2(4,5)1(6)7/h11-14,16-19H,15H2,1-10H3;(H,6,7)/q+1;/p-1. The summed E-state index contributed by atoms with van der Waals surface area (Å²) in [4.78, 5) is 18.3. The topological polar surface area (TPSA) is 103 Å². The van der Waals surface area contributed by atoms with Gasteiger partial charge in [0.15, 0.2) is 0 Å². The SMILES string of the molecule is CC(C)c1nc(N(C)S(C)(=O)=O)nc(-c2ccc(F)cc2)c1C[P+](C(C)C)(C(C)C)C(C)C.O=C([O-])C(F)(F)F. The van der Waals surface area contributed by atoms with Crippen molar-refractivity contribution in [3.8, 4) is 11.3 Å². The maximum absolute atomic E-state index is 13.7. The highest BCUT2D eigenvalue weighted by Gasteiger charge is 2.48. The molecular weight excluding hydrogens is 569 g/mol. The van der Waals surface area contributed by atoms with E-state index >= 15 is 0 Å². The average molecular weight is 610 g/mol. The molecule has 2 aromatic rings. The normalized spacial score (nSPS) is 12.7. The minimum atomic E-state index is -5.19. The molecule has 1 aromatic carbocycles. The minimum Gasteiger partial charge on any atom is -0.542 e. The van der Waals surface area contributed by atoms with Crippen LogP contribution in [0.1, 0.15) is 72.6 Å². The maximum atomic E-state index is 13.7. The summed E-state index contributed by atoms with van der Waals surface area (Å²) in [6.45, 7) is 18.0. The summed E-state index contributed by atoms with van der Waals surface area (Å²) in [5, 5.41) is 8.78. The van der Waals surface area contributed by atoms with Crippen LogP contribution in [-0.4, -0.2) is 60.8 Å². The molecule has 1 heterocycles. The lowest BCUT2D eigenvalue weighted by atomic mass is 9.99. The molecule has 0 aliphatic rings. The van der Waals surface area contributed by atoms with Gasteiger partial charge < -0.3 is 9.90 Å². The maximum Gasteiger partial charge on any atom is 0.430 e. The molecule has 13 heteroatoms. The number of anilines is 1. The Hall–Kier alpha value is -2.33. The third-order valence-electron chi connectivity index (χ3n) is 7.02. The van der Waals surface area contributed by atoms with Crippen molar-refractivity contribution in [1.82, 2.24) is 9.97 Å². The Morgan fingerprint density at radius 3 is 1.70 bits per heavy atom. The molecule has 0 unspecified atom stereocenters. The molecule has 0 saturated heterocycles. The van der Waals surface area contributed by atoms with E-state index in [1.165, 1.54) is 19.2 Å². The lowest BCUT2D eigenvalue weighted by molar-refractivity contribution is -0.344. The van der Waals surface area contributed by atoms with Crippen molar-refractivity contribution in [3.63, 3.8) is 0 Å². The van der Waals surface area contributed by atoms with Crippen LogP contribution in [0.4, 0.5) is 23.5 Å². The molecular formula is C27H40F4N3O4PS. The molecule has 0 amide bonds. The molecule has 0 aliphatic carbocycles. The highest BCUT2D eigenvalue weighted by molar-refractivity contribution is 7.92. The molecule has 226 valence electrons. The number of alkyl halides is 3. The number of benzene rings is 1. The van der Waals surface area contributed by atoms with Gasteiger partial charge in [0.1, 0.15) is 11.8 Å². The number of nitrogens with zero attached hydrogens (tertiary/aromatic N) is 3. The number of aromatic nitrogens is 2. The number of halogens is 4. The fraction of sp³-hybridized carbons (Fsp3) is 0.593. The van der Waals surface area contributed by atoms with E-state index in [2.05, 4.69) is 55.4 Å². The zero-order chi connectivity index (χ0) is 31.4. The second kappa shape index (κ2) is 13.6. The Morgan fingerprint density at radius 1 is 0.950 bits per heavy atom. The van der Waals surface area contributed by atoms with Crippen molar-refractivity contribution in [3.05, 3.63) is 41.3 Å². The number of carbonyl (C=O) groups is 1. The van der Waals surface area contributed by atoms with Gasteiger partial charge in [0.25, 0.3) is 0 Å². The second-order valence-electron chi connectivity index (χ2n) is 10.8. The summed E-state index contributed by atoms with van der Waals surface area (Å²) in [6.07, 6.45) is -3.19. The Morgan fingerprint density at radius 2 is 1.38 bits per heavy atom. The molecule has 0 aliphatic heterocycles. The molecule has 0 atom stereocenters. The fourth-order valence-corrected chi connectivity index (χ4v) is 10.8. The van der Waals surface area contributed by atoms with Crippen molar-refractivity contribution >= 4 is 29.2 Å². The summed E-state index contributed by atoms with van der Waals surface area (Å²) in [6, 6.07) is 6.28. The monoisotopic (exact) mass is 609 g/mol. The van der Waals surface area contributed by atoms with Crippen molar-refractivity contribution in [2.24, 2.45) is 0 Å². The minimum absolute atomic E-state index is 0.0716. The van der Waals surface area contributed by atoms with Gasteiger partial charge >= 0.3 is 6.18 Å². The number of hydrogen-bond acceptors (Lipinski definition) is 6. The van der Waals surface area contributed by atoms with Gasteiger partial charge in [0.2, 0.25) is 16.0 Å². The number of carboxylic acid groups (broad SMARTS) is 1. The van der Waals surface area contributed by atoms with Gasteiger partial charge in [-0.2, -0.15) is 13.2 Å². The average Bonchev–Trinajstić information content (AvgIpc) is 2.80. The highest BCUT2D eigenvalue weighted by Crippen LogP contribution is 2.72. The zero-order valence-electron chi connectivity index (χ0n) is 24.7. The van der Waals surface area contributed by atoms with Crippen LogP contribution in [0.5, 0.6) is 0 Å². The van der Waals surface area contributed by atoms with Crippen molar-refractivity contribution in [1.29, 1.82) is 0 Å². The smallest absolute Gasteiger partial charge is 0.430 e. The predicted octanol–water partition coefficient (Wildman–Crippen LogP) is 5.84. The third-order valence-corrected chi connectivity index (χ3v) is 14.8. The summed E-state index contributed by atoms with van der Waals surface area (Å²) >= 11 is 0. The van der Waals surface area contributed by atoms with Gasteiger partial charge in [-0.15, -0.1) is 0 Å². The number of carbonyl (C=O) groups excluding carboxylic acids is 1. The summed E-state index contributed by atoms with van der Waals surface area (Å²) in [5.74, 6) is -3.11. The van der Waals surface area contributed by atoms with Gasteiger partial charge in [-0.05, 0) is 71.7 Å². The molecule has 0 spiro atoms. The van der Waals surface area contributed by atoms with E-state index in [1.54, 1.807) is 12.1 Å². The van der Waals surface area contributed by atoms with Gasteiger partial charge in [0, 0.05) is 25.4 Å². The van der Waals surface area contributed by atoms with E-state index in [4.69, 9.17) is 19.9 Å². The summed E-state index contributed by atoms with van der Waals surface area (Å²) in [5.41, 5.74) is 4.93. The Kier molecular flexibility index (Phi) is 12.1. The van der Waals surface area contributed by atoms with Crippen molar-refractivity contribution < 1.29 is 35.9 Å². The first kappa shape index (κ1) is 35.7. The van der Waals surface area contributed by atoms with E-state index in [0.717, 1.165) is 33.5 Å². The van der Waals surface area contributed by atoms with Crippen LogP contribution in [0, 0.1) is 5.82 Å². The van der Waals surface area contributed by atoms with Gasteiger partial charge in [-0.25, -0.2) is 27.1 Å². The molecule has 1 aromatic heterocycles. The zero-order valence-corrected chi connectivity index (χ0v) is 26.4. The van der Waals surface area contributed by atoms with Crippen molar-refractivity contribution in [2.45, 2.75) is 90.6 Å². The summed E-state index contributed by atoms with van der Waals surface area (Å²) in [7, 11) is -3.58. The molecule has 2 rings (SSSR count). The van der Waals surface area contributed by atoms with E-state index < -0.39 is 29.4 Å². The molecule has 7 nitrogen and oxygen atoms in total. The molecule has 40 heavy (non-hydrogen) atoms. The van der Waals surface area contributed by atoms with Crippen LogP contribution in [-0.2, 0) is 21.0 Å². The number of sulfonamides is 1. The lowest BCUT2D eigenvalue weighted by Crippen LogP contribution is -2.37. The van der Waals surface area contributed by atoms with E-state index in [0.29, 0.717) is 22.7 Å². The van der Waals surface area contributed by atoms with E-state index in [1.807, 2.05) is 0 Å². The first-order chi connectivity index (χ1) is 18.1. The Labute approximate surface area is 235 Å². The predicted molar refractivity (Wildman–Crippen MR) is 152 cm³/mol. The van der Waals surface area contributed by atoms with E-state index in [9.17, 15) is 26.0 Å². The second-order valence-corrected chi connectivity index (χ2v) is 18.3. The Balaban J connectivity index is 0.00000101. The van der Waals surface area contributed by atoms with Gasteiger partial charge in [-0.3, -0.25) is 0 Å². The van der Waals surface area contributed by atoms with Crippen LogP contribution < -0.4 is 9.41 Å². The van der Waals surface area contributed by atoms with E-state index in [-0.39, 0.29) is 17.7 Å². The van der Waals surface area contributed by atoms with Crippen LogP contribution in [0.3, 0.4) is 0 Å². The molecule has 0 bridgehead atoms. The fourth-order valence-electron chi connectivity index (χ4n) is 4.87. The van der Waals surface area contributed by atoms with Crippen LogP contribution in [0.15, 0.2) is 24.3 Å².